The second kappa shape index (κ2) is 11.3. The van der Waals surface area contributed by atoms with Gasteiger partial charge in [0, 0.05) is 36.1 Å². The molecule has 0 spiro atoms. The van der Waals surface area contributed by atoms with Gasteiger partial charge in [0.15, 0.2) is 0 Å². The summed E-state index contributed by atoms with van der Waals surface area (Å²) in [5.74, 6) is 0.649. The van der Waals surface area contributed by atoms with Gasteiger partial charge in [-0.2, -0.15) is 0 Å². The smallest absolute Gasteiger partial charge is 0.293 e. The second-order valence-corrected chi connectivity index (χ2v) is 9.40. The van der Waals surface area contributed by atoms with Crippen LogP contribution >= 0.6 is 11.6 Å². The molecule has 0 amide bonds. The Morgan fingerprint density at radius 1 is 1.06 bits per heavy atom. The Bertz CT molecular complexity index is 1010. The van der Waals surface area contributed by atoms with Gasteiger partial charge >= 0.3 is 0 Å². The van der Waals surface area contributed by atoms with E-state index in [-0.39, 0.29) is 11.7 Å². The number of nitrogens with zero attached hydrogens (tertiary/aromatic N) is 3. The molecule has 0 bridgehead atoms. The maximum absolute atomic E-state index is 9.60. The lowest BCUT2D eigenvalue weighted by molar-refractivity contribution is -0.138. The Balaban J connectivity index is 0.000000383. The van der Waals surface area contributed by atoms with Crippen molar-refractivity contribution in [2.45, 2.75) is 45.3 Å². The molecule has 1 aliphatic rings. The summed E-state index contributed by atoms with van der Waals surface area (Å²) in [5.41, 5.74) is 3.62. The summed E-state index contributed by atoms with van der Waals surface area (Å²) in [6.45, 7) is 8.01. The lowest BCUT2D eigenvalue weighted by Crippen LogP contribution is -2.35. The van der Waals surface area contributed by atoms with E-state index in [1.54, 1.807) is 12.4 Å². The number of halogens is 1. The summed E-state index contributed by atoms with van der Waals surface area (Å²) in [6, 6.07) is 11.7. The molecule has 0 unspecified atom stereocenters. The van der Waals surface area contributed by atoms with Gasteiger partial charge in [-0.25, -0.2) is 0 Å². The minimum atomic E-state index is -0.318. The molecule has 1 aromatic carbocycles. The molecule has 0 radical (unpaired) electrons. The molecule has 176 valence electrons. The SMILES string of the molecule is CC(C)(C)OC=O.CN1CCC(Oc2n[nH]c(-c3ccc(Cl)cc3)c2-c2ccncc2)CC1. The van der Waals surface area contributed by atoms with Gasteiger partial charge in [0.25, 0.3) is 6.47 Å². The Hall–Kier alpha value is -2.90. The molecule has 33 heavy (non-hydrogen) atoms. The Labute approximate surface area is 200 Å². The number of hydrogen-bond donors (Lipinski definition) is 1. The molecule has 0 atom stereocenters. The normalized spacial score (nSPS) is 14.8. The number of carbonyl (C=O) groups is 1. The van der Waals surface area contributed by atoms with E-state index in [0.717, 1.165) is 48.3 Å². The monoisotopic (exact) mass is 470 g/mol. The minimum absolute atomic E-state index is 0.188. The van der Waals surface area contributed by atoms with Crippen molar-refractivity contribution in [1.82, 2.24) is 20.1 Å². The maximum Gasteiger partial charge on any atom is 0.293 e. The molecule has 2 aromatic heterocycles. The number of likely N-dealkylation sites (tertiary alicyclic amines) is 1. The van der Waals surface area contributed by atoms with E-state index in [4.69, 9.17) is 16.3 Å². The molecule has 1 fully saturated rings. The highest BCUT2D eigenvalue weighted by atomic mass is 35.5. The van der Waals surface area contributed by atoms with Gasteiger partial charge in [0.1, 0.15) is 11.7 Å². The fourth-order valence-electron chi connectivity index (χ4n) is 3.43. The lowest BCUT2D eigenvalue weighted by atomic mass is 10.0. The number of pyridine rings is 1. The Kier molecular flexibility index (Phi) is 8.47. The fourth-order valence-corrected chi connectivity index (χ4v) is 3.55. The number of piperidine rings is 1. The van der Waals surface area contributed by atoms with Crippen molar-refractivity contribution in [3.63, 3.8) is 0 Å². The molecule has 7 nitrogen and oxygen atoms in total. The van der Waals surface area contributed by atoms with E-state index in [9.17, 15) is 4.79 Å². The Morgan fingerprint density at radius 3 is 2.24 bits per heavy atom. The van der Waals surface area contributed by atoms with Gasteiger partial charge in [-0.15, -0.1) is 5.10 Å². The van der Waals surface area contributed by atoms with Gasteiger partial charge in [-0.3, -0.25) is 14.9 Å². The Morgan fingerprint density at radius 2 is 1.70 bits per heavy atom. The van der Waals surface area contributed by atoms with E-state index in [2.05, 4.69) is 31.9 Å². The quantitative estimate of drug-likeness (QED) is 0.515. The number of ether oxygens (including phenoxy) is 2. The number of aromatic amines is 1. The zero-order valence-corrected chi connectivity index (χ0v) is 20.3. The first-order valence-electron chi connectivity index (χ1n) is 11.0. The number of nitrogens with one attached hydrogen (secondary N) is 1. The van der Waals surface area contributed by atoms with Crippen molar-refractivity contribution < 1.29 is 14.3 Å². The van der Waals surface area contributed by atoms with Crippen LogP contribution < -0.4 is 4.74 Å². The van der Waals surface area contributed by atoms with Crippen molar-refractivity contribution >= 4 is 18.1 Å². The first-order chi connectivity index (χ1) is 15.8. The van der Waals surface area contributed by atoms with Crippen LogP contribution in [0.4, 0.5) is 0 Å². The van der Waals surface area contributed by atoms with E-state index in [1.165, 1.54) is 0 Å². The van der Waals surface area contributed by atoms with Gasteiger partial charge in [0.2, 0.25) is 5.88 Å². The molecule has 8 heteroatoms. The van der Waals surface area contributed by atoms with Crippen LogP contribution in [0.3, 0.4) is 0 Å². The van der Waals surface area contributed by atoms with Crippen LogP contribution in [0.25, 0.3) is 22.4 Å². The zero-order valence-electron chi connectivity index (χ0n) is 19.5. The highest BCUT2D eigenvalue weighted by Gasteiger charge is 2.23. The summed E-state index contributed by atoms with van der Waals surface area (Å²) in [6.07, 6.45) is 5.78. The predicted octanol–water partition coefficient (Wildman–Crippen LogP) is 5.22. The summed E-state index contributed by atoms with van der Waals surface area (Å²) in [5, 5.41) is 8.36. The maximum atomic E-state index is 9.60. The molecule has 0 saturated carbocycles. The van der Waals surface area contributed by atoms with Gasteiger partial charge in [-0.05, 0) is 70.5 Å². The highest BCUT2D eigenvalue weighted by molar-refractivity contribution is 6.30. The second-order valence-electron chi connectivity index (χ2n) is 8.97. The highest BCUT2D eigenvalue weighted by Crippen LogP contribution is 2.38. The molecule has 1 saturated heterocycles. The van der Waals surface area contributed by atoms with Crippen LogP contribution in [0.2, 0.25) is 5.02 Å². The fraction of sp³-hybridized carbons (Fsp3) is 0.400. The number of H-pyrrole nitrogens is 1. The molecular formula is C25H31ClN4O3. The van der Waals surface area contributed by atoms with E-state index in [1.807, 2.05) is 57.2 Å². The molecule has 4 rings (SSSR count). The number of carbonyl (C=O) groups excluding carboxylic acids is 1. The van der Waals surface area contributed by atoms with Crippen LogP contribution in [-0.4, -0.2) is 58.4 Å². The average molecular weight is 471 g/mol. The molecule has 0 aliphatic carbocycles. The number of rotatable bonds is 5. The summed E-state index contributed by atoms with van der Waals surface area (Å²) >= 11 is 6.04. The third kappa shape index (κ3) is 7.30. The largest absolute Gasteiger partial charge is 0.473 e. The van der Waals surface area contributed by atoms with Crippen molar-refractivity contribution in [2.24, 2.45) is 0 Å². The molecule has 1 aliphatic heterocycles. The number of benzene rings is 1. The standard InChI is InChI=1S/C20H21ClN4O.C5H10O2/c1-25-12-8-17(9-13-25)26-20-18(14-6-10-22-11-7-14)19(23-24-20)15-2-4-16(21)5-3-15;1-5(2,3)7-4-6/h2-7,10-11,17H,8-9,12-13H2,1H3,(H,23,24);4H,1-3H3. The predicted molar refractivity (Wildman–Crippen MR) is 130 cm³/mol. The van der Waals surface area contributed by atoms with E-state index < -0.39 is 0 Å². The first kappa shape index (κ1) is 24.7. The van der Waals surface area contributed by atoms with Crippen molar-refractivity contribution in [3.05, 3.63) is 53.8 Å². The number of aromatic nitrogens is 3. The number of hydrogen-bond acceptors (Lipinski definition) is 6. The van der Waals surface area contributed by atoms with Gasteiger partial charge in [-0.1, -0.05) is 23.7 Å². The van der Waals surface area contributed by atoms with Crippen LogP contribution in [0.1, 0.15) is 33.6 Å². The van der Waals surface area contributed by atoms with Crippen molar-refractivity contribution in [3.8, 4) is 28.3 Å². The van der Waals surface area contributed by atoms with Crippen LogP contribution in [-0.2, 0) is 9.53 Å². The van der Waals surface area contributed by atoms with Gasteiger partial charge in [0.05, 0.1) is 11.3 Å². The van der Waals surface area contributed by atoms with E-state index >= 15 is 0 Å². The van der Waals surface area contributed by atoms with Crippen molar-refractivity contribution in [2.75, 3.05) is 20.1 Å². The topological polar surface area (TPSA) is 80.3 Å². The molecule has 1 N–H and O–H groups in total. The summed E-state index contributed by atoms with van der Waals surface area (Å²) < 4.78 is 10.8. The first-order valence-corrected chi connectivity index (χ1v) is 11.4. The lowest BCUT2D eigenvalue weighted by Gasteiger charge is -2.28. The molecule has 3 aromatic rings. The third-order valence-electron chi connectivity index (χ3n) is 5.18. The summed E-state index contributed by atoms with van der Waals surface area (Å²) in [4.78, 5) is 16.1. The minimum Gasteiger partial charge on any atom is -0.473 e. The van der Waals surface area contributed by atoms with Crippen LogP contribution in [0.15, 0.2) is 48.8 Å². The summed E-state index contributed by atoms with van der Waals surface area (Å²) in [7, 11) is 2.14. The van der Waals surface area contributed by atoms with Crippen LogP contribution in [0.5, 0.6) is 5.88 Å². The van der Waals surface area contributed by atoms with Crippen molar-refractivity contribution in [1.29, 1.82) is 0 Å². The zero-order chi connectivity index (χ0) is 23.8. The third-order valence-corrected chi connectivity index (χ3v) is 5.43. The average Bonchev–Trinajstić information content (AvgIpc) is 3.19. The van der Waals surface area contributed by atoms with E-state index in [0.29, 0.717) is 17.4 Å². The molecular weight excluding hydrogens is 440 g/mol. The molecule has 3 heterocycles. The van der Waals surface area contributed by atoms with Crippen LogP contribution in [0, 0.1) is 0 Å². The van der Waals surface area contributed by atoms with Gasteiger partial charge < -0.3 is 14.4 Å².